The maximum absolute atomic E-state index is 12.4. The molecular formula is C15H22N2O2. The van der Waals surface area contributed by atoms with Crippen molar-refractivity contribution in [2.75, 3.05) is 33.8 Å². The van der Waals surface area contributed by atoms with Crippen molar-refractivity contribution in [1.29, 1.82) is 0 Å². The van der Waals surface area contributed by atoms with Gasteiger partial charge in [-0.15, -0.1) is 0 Å². The summed E-state index contributed by atoms with van der Waals surface area (Å²) in [6.45, 7) is 4.83. The molecule has 2 rings (SSSR count). The Hall–Kier alpha value is -1.55. The SMILES string of the molecule is COc1cccc(CC(=O)N2CCN(C)CC2C)c1. The molecule has 104 valence electrons. The fraction of sp³-hybridized carbons (Fsp3) is 0.533. The highest BCUT2D eigenvalue weighted by Crippen LogP contribution is 2.15. The number of rotatable bonds is 3. The first-order valence-electron chi connectivity index (χ1n) is 6.71. The van der Waals surface area contributed by atoms with E-state index in [1.165, 1.54) is 0 Å². The lowest BCUT2D eigenvalue weighted by Gasteiger charge is -2.38. The molecule has 1 saturated heterocycles. The molecule has 1 aliphatic heterocycles. The summed E-state index contributed by atoms with van der Waals surface area (Å²) in [5.74, 6) is 1.01. The van der Waals surface area contributed by atoms with E-state index in [9.17, 15) is 4.79 Å². The molecule has 1 aromatic rings. The van der Waals surface area contributed by atoms with Crippen LogP contribution in [0, 0.1) is 0 Å². The van der Waals surface area contributed by atoms with Crippen molar-refractivity contribution in [3.05, 3.63) is 29.8 Å². The number of carbonyl (C=O) groups is 1. The van der Waals surface area contributed by atoms with Gasteiger partial charge in [-0.1, -0.05) is 12.1 Å². The monoisotopic (exact) mass is 262 g/mol. The van der Waals surface area contributed by atoms with Crippen molar-refractivity contribution in [3.63, 3.8) is 0 Å². The summed E-state index contributed by atoms with van der Waals surface area (Å²) in [6, 6.07) is 8.01. The molecule has 0 radical (unpaired) electrons. The van der Waals surface area contributed by atoms with Gasteiger partial charge in [0.25, 0.3) is 0 Å². The largest absolute Gasteiger partial charge is 0.497 e. The second kappa shape index (κ2) is 6.06. The summed E-state index contributed by atoms with van der Waals surface area (Å²) in [7, 11) is 3.74. The van der Waals surface area contributed by atoms with E-state index in [1.54, 1.807) is 7.11 Å². The van der Waals surface area contributed by atoms with Gasteiger partial charge < -0.3 is 14.5 Å². The third kappa shape index (κ3) is 3.47. The Morgan fingerprint density at radius 3 is 2.89 bits per heavy atom. The predicted molar refractivity (Wildman–Crippen MR) is 75.4 cm³/mol. The van der Waals surface area contributed by atoms with E-state index in [0.717, 1.165) is 30.9 Å². The van der Waals surface area contributed by atoms with Crippen molar-refractivity contribution in [1.82, 2.24) is 9.80 Å². The second-order valence-electron chi connectivity index (χ2n) is 5.23. The molecule has 0 spiro atoms. The summed E-state index contributed by atoms with van der Waals surface area (Å²) in [5, 5.41) is 0. The van der Waals surface area contributed by atoms with Crippen LogP contribution in [0.15, 0.2) is 24.3 Å². The maximum atomic E-state index is 12.4. The van der Waals surface area contributed by atoms with Crippen LogP contribution in [-0.2, 0) is 11.2 Å². The molecule has 1 aromatic carbocycles. The Morgan fingerprint density at radius 2 is 2.21 bits per heavy atom. The fourth-order valence-electron chi connectivity index (χ4n) is 2.57. The second-order valence-corrected chi connectivity index (χ2v) is 5.23. The Labute approximate surface area is 115 Å². The van der Waals surface area contributed by atoms with Crippen LogP contribution in [0.4, 0.5) is 0 Å². The molecular weight excluding hydrogens is 240 g/mol. The predicted octanol–water partition coefficient (Wildman–Crippen LogP) is 1.40. The third-order valence-electron chi connectivity index (χ3n) is 3.64. The molecule has 0 aromatic heterocycles. The van der Waals surface area contributed by atoms with E-state index in [0.29, 0.717) is 6.42 Å². The summed E-state index contributed by atoms with van der Waals surface area (Å²) in [6.07, 6.45) is 0.450. The van der Waals surface area contributed by atoms with Crippen LogP contribution in [-0.4, -0.2) is 55.5 Å². The van der Waals surface area contributed by atoms with Crippen LogP contribution in [0.25, 0.3) is 0 Å². The molecule has 1 amide bonds. The zero-order chi connectivity index (χ0) is 13.8. The van der Waals surface area contributed by atoms with Crippen molar-refractivity contribution >= 4 is 5.91 Å². The van der Waals surface area contributed by atoms with Gasteiger partial charge in [0.05, 0.1) is 13.5 Å². The highest BCUT2D eigenvalue weighted by atomic mass is 16.5. The Kier molecular flexibility index (Phi) is 4.43. The van der Waals surface area contributed by atoms with Gasteiger partial charge in [-0.2, -0.15) is 0 Å². The topological polar surface area (TPSA) is 32.8 Å². The van der Waals surface area contributed by atoms with Gasteiger partial charge >= 0.3 is 0 Å². The lowest BCUT2D eigenvalue weighted by atomic mass is 10.1. The lowest BCUT2D eigenvalue weighted by molar-refractivity contribution is -0.134. The number of hydrogen-bond donors (Lipinski definition) is 0. The average molecular weight is 262 g/mol. The molecule has 0 N–H and O–H groups in total. The van der Waals surface area contributed by atoms with Crippen molar-refractivity contribution < 1.29 is 9.53 Å². The van der Waals surface area contributed by atoms with Gasteiger partial charge in [0, 0.05) is 25.7 Å². The first-order chi connectivity index (χ1) is 9.10. The van der Waals surface area contributed by atoms with Gasteiger partial charge in [0.1, 0.15) is 5.75 Å². The zero-order valence-electron chi connectivity index (χ0n) is 11.9. The molecule has 0 saturated carbocycles. The molecule has 4 heteroatoms. The van der Waals surface area contributed by atoms with Crippen LogP contribution in [0.3, 0.4) is 0 Å². The van der Waals surface area contributed by atoms with E-state index >= 15 is 0 Å². The number of amides is 1. The number of piperazine rings is 1. The summed E-state index contributed by atoms with van der Waals surface area (Å²) >= 11 is 0. The van der Waals surface area contributed by atoms with Gasteiger partial charge in [-0.3, -0.25) is 4.79 Å². The first-order valence-corrected chi connectivity index (χ1v) is 6.71. The Bertz CT molecular complexity index is 448. The van der Waals surface area contributed by atoms with Crippen LogP contribution in [0.1, 0.15) is 12.5 Å². The number of carbonyl (C=O) groups excluding carboxylic acids is 1. The number of ether oxygens (including phenoxy) is 1. The fourth-order valence-corrected chi connectivity index (χ4v) is 2.57. The molecule has 1 aliphatic rings. The quantitative estimate of drug-likeness (QED) is 0.825. The number of hydrogen-bond acceptors (Lipinski definition) is 3. The summed E-state index contributed by atoms with van der Waals surface area (Å²) in [4.78, 5) is 16.6. The molecule has 1 unspecified atom stereocenters. The van der Waals surface area contributed by atoms with Gasteiger partial charge in [0.2, 0.25) is 5.91 Å². The first kappa shape index (κ1) is 13.9. The van der Waals surface area contributed by atoms with E-state index in [1.807, 2.05) is 29.2 Å². The van der Waals surface area contributed by atoms with Crippen molar-refractivity contribution in [3.8, 4) is 5.75 Å². The minimum atomic E-state index is 0.203. The van der Waals surface area contributed by atoms with Gasteiger partial charge in [-0.05, 0) is 31.7 Å². The minimum Gasteiger partial charge on any atom is -0.497 e. The minimum absolute atomic E-state index is 0.203. The molecule has 4 nitrogen and oxygen atoms in total. The van der Waals surface area contributed by atoms with Crippen molar-refractivity contribution in [2.24, 2.45) is 0 Å². The molecule has 1 heterocycles. The van der Waals surface area contributed by atoms with E-state index in [2.05, 4.69) is 18.9 Å². The molecule has 19 heavy (non-hydrogen) atoms. The van der Waals surface area contributed by atoms with E-state index in [-0.39, 0.29) is 11.9 Å². The summed E-state index contributed by atoms with van der Waals surface area (Å²) < 4.78 is 5.19. The normalized spacial score (nSPS) is 20.4. The van der Waals surface area contributed by atoms with Crippen LogP contribution in [0.5, 0.6) is 5.75 Å². The van der Waals surface area contributed by atoms with E-state index in [4.69, 9.17) is 4.74 Å². The average Bonchev–Trinajstić information content (AvgIpc) is 2.38. The van der Waals surface area contributed by atoms with Crippen LogP contribution in [0.2, 0.25) is 0 Å². The Morgan fingerprint density at radius 1 is 1.42 bits per heavy atom. The van der Waals surface area contributed by atoms with Gasteiger partial charge in [0.15, 0.2) is 0 Å². The molecule has 1 atom stereocenters. The number of methoxy groups -OCH3 is 1. The van der Waals surface area contributed by atoms with Crippen molar-refractivity contribution in [2.45, 2.75) is 19.4 Å². The van der Waals surface area contributed by atoms with E-state index < -0.39 is 0 Å². The molecule has 1 fully saturated rings. The zero-order valence-corrected chi connectivity index (χ0v) is 11.9. The number of benzene rings is 1. The Balaban J connectivity index is 2.00. The number of likely N-dealkylation sites (N-methyl/N-ethyl adjacent to an activating group) is 1. The highest BCUT2D eigenvalue weighted by Gasteiger charge is 2.25. The lowest BCUT2D eigenvalue weighted by Crippen LogP contribution is -2.53. The number of nitrogens with zero attached hydrogens (tertiary/aromatic N) is 2. The smallest absolute Gasteiger partial charge is 0.227 e. The highest BCUT2D eigenvalue weighted by molar-refractivity contribution is 5.79. The summed E-state index contributed by atoms with van der Waals surface area (Å²) in [5.41, 5.74) is 1.01. The van der Waals surface area contributed by atoms with Crippen LogP contribution < -0.4 is 4.74 Å². The third-order valence-corrected chi connectivity index (χ3v) is 3.64. The van der Waals surface area contributed by atoms with Crippen LogP contribution >= 0.6 is 0 Å². The standard InChI is InChI=1S/C15H22N2O2/c1-12-11-16(2)7-8-17(12)15(18)10-13-5-4-6-14(9-13)19-3/h4-6,9,12H,7-8,10-11H2,1-3H3. The molecule has 0 aliphatic carbocycles. The molecule has 0 bridgehead atoms. The van der Waals surface area contributed by atoms with Gasteiger partial charge in [-0.25, -0.2) is 0 Å². The maximum Gasteiger partial charge on any atom is 0.227 e.